The second-order valence-corrected chi connectivity index (χ2v) is 8.53. The molecule has 0 spiro atoms. The van der Waals surface area contributed by atoms with Crippen LogP contribution in [0.1, 0.15) is 16.7 Å². The third-order valence-corrected chi connectivity index (χ3v) is 6.82. The fraction of sp³-hybridized carbons (Fsp3) is 0.143. The van der Waals surface area contributed by atoms with Crippen LogP contribution < -0.4 is 0 Å². The molecule has 0 amide bonds. The highest BCUT2D eigenvalue weighted by Crippen LogP contribution is 2.39. The molecule has 0 saturated heterocycles. The summed E-state index contributed by atoms with van der Waals surface area (Å²) in [4.78, 5) is 9.82. The van der Waals surface area contributed by atoms with Gasteiger partial charge in [-0.2, -0.15) is 0 Å². The summed E-state index contributed by atoms with van der Waals surface area (Å²) in [5.74, 6) is 0.125. The van der Waals surface area contributed by atoms with Crippen LogP contribution in [0.2, 0.25) is 5.02 Å². The molecule has 136 valence electrons. The lowest BCUT2D eigenvalue weighted by Gasteiger charge is -2.08. The van der Waals surface area contributed by atoms with Gasteiger partial charge in [-0.05, 0) is 42.7 Å². The summed E-state index contributed by atoms with van der Waals surface area (Å²) in [6, 6.07) is 11.2. The van der Waals surface area contributed by atoms with E-state index in [2.05, 4.69) is 47.4 Å². The van der Waals surface area contributed by atoms with Crippen LogP contribution in [-0.4, -0.2) is 9.97 Å². The molecule has 0 saturated carbocycles. The smallest absolute Gasteiger partial charge is 0.128 e. The maximum atomic E-state index is 14.1. The van der Waals surface area contributed by atoms with Crippen LogP contribution >= 0.6 is 34.7 Å². The maximum absolute atomic E-state index is 14.1. The predicted molar refractivity (Wildman–Crippen MR) is 113 cm³/mol. The van der Waals surface area contributed by atoms with E-state index in [-0.39, 0.29) is 5.82 Å². The highest BCUT2D eigenvalue weighted by Gasteiger charge is 2.15. The third kappa shape index (κ3) is 3.59. The molecular formula is C21H16ClFN2S2. The predicted octanol–water partition coefficient (Wildman–Crippen LogP) is 7.06. The number of hydrogen-bond acceptors (Lipinski definition) is 4. The van der Waals surface area contributed by atoms with Crippen molar-refractivity contribution in [1.82, 2.24) is 9.97 Å². The number of halogens is 2. The van der Waals surface area contributed by atoms with Gasteiger partial charge in [-0.3, -0.25) is 0 Å². The van der Waals surface area contributed by atoms with Crippen LogP contribution in [0.4, 0.5) is 4.39 Å². The van der Waals surface area contributed by atoms with Crippen LogP contribution in [0.25, 0.3) is 21.3 Å². The zero-order valence-corrected chi connectivity index (χ0v) is 17.2. The largest absolute Gasteiger partial charge is 0.229 e. The van der Waals surface area contributed by atoms with Gasteiger partial charge in [0.15, 0.2) is 0 Å². The summed E-state index contributed by atoms with van der Waals surface area (Å²) in [6.45, 7) is 4.22. The number of hydrogen-bond donors (Lipinski definition) is 0. The quantitative estimate of drug-likeness (QED) is 0.264. The fourth-order valence-corrected chi connectivity index (χ4v) is 5.23. The molecule has 4 rings (SSSR count). The minimum atomic E-state index is -0.292. The summed E-state index contributed by atoms with van der Waals surface area (Å²) in [7, 11) is 0. The first-order valence-corrected chi connectivity index (χ1v) is 10.6. The fourth-order valence-electron chi connectivity index (χ4n) is 2.89. The number of aryl methyl sites for hydroxylation is 2. The molecule has 0 fully saturated rings. The summed E-state index contributed by atoms with van der Waals surface area (Å²) in [5.41, 5.74) is 5.26. The molecule has 4 aromatic rings. The number of rotatable bonds is 4. The summed E-state index contributed by atoms with van der Waals surface area (Å²) in [6.07, 6.45) is 1.56. The molecule has 0 bridgehead atoms. The van der Waals surface area contributed by atoms with E-state index in [9.17, 15) is 4.39 Å². The monoisotopic (exact) mass is 414 g/mol. The Kier molecular flexibility index (Phi) is 5.17. The first-order valence-electron chi connectivity index (χ1n) is 8.40. The Morgan fingerprint density at radius 1 is 1.11 bits per heavy atom. The van der Waals surface area contributed by atoms with Gasteiger partial charge in [0.05, 0.1) is 5.39 Å². The molecule has 0 N–H and O–H groups in total. The molecule has 0 aliphatic heterocycles. The van der Waals surface area contributed by atoms with Gasteiger partial charge in [-0.25, -0.2) is 14.4 Å². The second-order valence-electron chi connectivity index (χ2n) is 6.30. The van der Waals surface area contributed by atoms with Crippen molar-refractivity contribution in [3.63, 3.8) is 0 Å². The van der Waals surface area contributed by atoms with Crippen molar-refractivity contribution in [3.8, 4) is 11.1 Å². The highest BCUT2D eigenvalue weighted by molar-refractivity contribution is 7.98. The Labute approximate surface area is 170 Å². The SMILES string of the molecule is Cc1ccc(-c2csc3ncnc(SCc4c(F)cccc4Cl)c23)cc1C. The van der Waals surface area contributed by atoms with Crippen molar-refractivity contribution in [1.29, 1.82) is 0 Å². The van der Waals surface area contributed by atoms with E-state index in [1.54, 1.807) is 29.8 Å². The normalized spacial score (nSPS) is 11.3. The summed E-state index contributed by atoms with van der Waals surface area (Å²) in [5, 5.41) is 4.41. The molecule has 0 unspecified atom stereocenters. The molecule has 2 heterocycles. The molecule has 2 aromatic heterocycles. The molecule has 0 atom stereocenters. The van der Waals surface area contributed by atoms with Crippen molar-refractivity contribution in [2.24, 2.45) is 0 Å². The Bertz CT molecular complexity index is 1120. The van der Waals surface area contributed by atoms with Gasteiger partial charge in [0.25, 0.3) is 0 Å². The second kappa shape index (κ2) is 7.58. The molecule has 0 aliphatic rings. The number of thiophene rings is 1. The zero-order valence-electron chi connectivity index (χ0n) is 14.8. The number of thioether (sulfide) groups is 1. The van der Waals surface area contributed by atoms with Crippen molar-refractivity contribution in [2.75, 3.05) is 0 Å². The highest BCUT2D eigenvalue weighted by atomic mass is 35.5. The van der Waals surface area contributed by atoms with Crippen molar-refractivity contribution >= 4 is 44.9 Å². The van der Waals surface area contributed by atoms with Gasteiger partial charge in [0.1, 0.15) is 22.0 Å². The molecular weight excluding hydrogens is 399 g/mol. The van der Waals surface area contributed by atoms with Crippen LogP contribution in [0.15, 0.2) is 53.1 Å². The van der Waals surface area contributed by atoms with Gasteiger partial charge < -0.3 is 0 Å². The van der Waals surface area contributed by atoms with Crippen LogP contribution in [-0.2, 0) is 5.75 Å². The van der Waals surface area contributed by atoms with Crippen LogP contribution in [0.5, 0.6) is 0 Å². The number of benzene rings is 2. The van der Waals surface area contributed by atoms with Gasteiger partial charge >= 0.3 is 0 Å². The molecule has 6 heteroatoms. The van der Waals surface area contributed by atoms with E-state index >= 15 is 0 Å². The van der Waals surface area contributed by atoms with Crippen molar-refractivity contribution < 1.29 is 4.39 Å². The number of nitrogens with zero attached hydrogens (tertiary/aromatic N) is 2. The lowest BCUT2D eigenvalue weighted by molar-refractivity contribution is 0.617. The number of aromatic nitrogens is 2. The van der Waals surface area contributed by atoms with E-state index in [1.807, 2.05) is 0 Å². The Balaban J connectivity index is 1.75. The Hall–Kier alpha value is -1.95. The van der Waals surface area contributed by atoms with Gasteiger partial charge in [0, 0.05) is 27.3 Å². The lowest BCUT2D eigenvalue weighted by Crippen LogP contribution is -1.91. The van der Waals surface area contributed by atoms with Gasteiger partial charge in [0.2, 0.25) is 0 Å². The van der Waals surface area contributed by atoms with E-state index < -0.39 is 0 Å². The summed E-state index contributed by atoms with van der Waals surface area (Å²) >= 11 is 9.25. The average Bonchev–Trinajstić information content (AvgIpc) is 3.08. The van der Waals surface area contributed by atoms with E-state index in [0.717, 1.165) is 26.4 Å². The van der Waals surface area contributed by atoms with Crippen LogP contribution in [0, 0.1) is 19.7 Å². The third-order valence-electron chi connectivity index (χ3n) is 4.57. The maximum Gasteiger partial charge on any atom is 0.128 e. The standard InChI is InChI=1S/C21H16ClFN2S2/c1-12-6-7-14(8-13(12)2)15-9-26-20-19(15)21(25-11-24-20)27-10-16-17(22)4-3-5-18(16)23/h3-9,11H,10H2,1-2H3. The molecule has 0 radical (unpaired) electrons. The average molecular weight is 415 g/mol. The van der Waals surface area contributed by atoms with Gasteiger partial charge in [-0.1, -0.05) is 35.9 Å². The molecule has 0 aliphatic carbocycles. The Morgan fingerprint density at radius 2 is 1.96 bits per heavy atom. The van der Waals surface area contributed by atoms with Crippen molar-refractivity contribution in [2.45, 2.75) is 24.6 Å². The topological polar surface area (TPSA) is 25.8 Å². The minimum absolute atomic E-state index is 0.292. The lowest BCUT2D eigenvalue weighted by atomic mass is 10.0. The first-order chi connectivity index (χ1) is 13.0. The van der Waals surface area contributed by atoms with Crippen LogP contribution in [0.3, 0.4) is 0 Å². The Morgan fingerprint density at radius 3 is 2.74 bits per heavy atom. The summed E-state index contributed by atoms with van der Waals surface area (Å²) < 4.78 is 14.1. The minimum Gasteiger partial charge on any atom is -0.229 e. The van der Waals surface area contributed by atoms with Gasteiger partial charge in [-0.15, -0.1) is 23.1 Å². The van der Waals surface area contributed by atoms with E-state index in [0.29, 0.717) is 16.3 Å². The van der Waals surface area contributed by atoms with E-state index in [1.165, 1.54) is 29.0 Å². The first kappa shape index (κ1) is 18.4. The number of fused-ring (bicyclic) bond motifs is 1. The van der Waals surface area contributed by atoms with Crippen molar-refractivity contribution in [3.05, 3.63) is 75.6 Å². The molecule has 2 aromatic carbocycles. The van der Waals surface area contributed by atoms with E-state index in [4.69, 9.17) is 11.6 Å². The molecule has 2 nitrogen and oxygen atoms in total. The zero-order chi connectivity index (χ0) is 19.0. The molecule has 27 heavy (non-hydrogen) atoms.